The van der Waals surface area contributed by atoms with Gasteiger partial charge in [0.25, 0.3) is 0 Å². The molecule has 5 N–H and O–H groups in total. The molecule has 2 unspecified atom stereocenters. The number of aromatic carboxylic acids is 1. The number of carboxylic acid groups (broad SMARTS) is 2. The van der Waals surface area contributed by atoms with Crippen LogP contribution in [0.15, 0.2) is 34.9 Å². The molecule has 3 heterocycles. The maximum atomic E-state index is 12.7. The fourth-order valence-electron chi connectivity index (χ4n) is 4.81. The average molecular weight is 476 g/mol. The van der Waals surface area contributed by atoms with E-state index in [2.05, 4.69) is 10.6 Å². The second kappa shape index (κ2) is 8.81. The molecular weight excluding hydrogens is 450 g/mol. The number of nitrogens with one attached hydrogen (secondary N) is 2. The van der Waals surface area contributed by atoms with Crippen molar-refractivity contribution in [1.82, 2.24) is 10.2 Å². The molecule has 11 heteroatoms. The molecule has 6 atom stereocenters. The molecule has 0 aliphatic carbocycles. The van der Waals surface area contributed by atoms with Crippen LogP contribution in [0.5, 0.6) is 0 Å². The summed E-state index contributed by atoms with van der Waals surface area (Å²) in [5.74, 6) is -3.79. The number of carbonyl (C=O) groups excluding carboxylic acids is 2. The SMILES string of the molecule is C[C@@H](O)[C@H]1C(=O)N2C(C(=O)O)=C(SC3CNC(C(=O)Nc4cccc(C(=O)O)c4)C3)[C@H](C)[C@H]12. The number of aliphatic hydroxyl groups excluding tert-OH is 1. The van der Waals surface area contributed by atoms with E-state index in [0.29, 0.717) is 23.6 Å². The smallest absolute Gasteiger partial charge is 0.353 e. The quantitative estimate of drug-likeness (QED) is 0.362. The first-order valence-corrected chi connectivity index (χ1v) is 11.5. The summed E-state index contributed by atoms with van der Waals surface area (Å²) < 4.78 is 0. The van der Waals surface area contributed by atoms with Crippen molar-refractivity contribution in [3.05, 3.63) is 40.4 Å². The summed E-state index contributed by atoms with van der Waals surface area (Å²) >= 11 is 1.36. The zero-order valence-electron chi connectivity index (χ0n) is 18.0. The number of rotatable bonds is 7. The Labute approximate surface area is 194 Å². The molecule has 1 aromatic rings. The number of aliphatic hydroxyl groups is 1. The predicted molar refractivity (Wildman–Crippen MR) is 119 cm³/mol. The zero-order valence-corrected chi connectivity index (χ0v) is 18.8. The van der Waals surface area contributed by atoms with E-state index in [9.17, 15) is 29.4 Å². The monoisotopic (exact) mass is 475 g/mol. The summed E-state index contributed by atoms with van der Waals surface area (Å²) in [5, 5.41) is 34.6. The van der Waals surface area contributed by atoms with Gasteiger partial charge in [-0.2, -0.15) is 0 Å². The van der Waals surface area contributed by atoms with Gasteiger partial charge in [0.05, 0.1) is 29.7 Å². The second-order valence-corrected chi connectivity index (χ2v) is 9.93. The highest BCUT2D eigenvalue weighted by Gasteiger charge is 2.60. The second-order valence-electron chi connectivity index (χ2n) is 8.58. The highest BCUT2D eigenvalue weighted by atomic mass is 32.2. The number of β-lactam (4-membered cyclic amide) rings is 1. The Morgan fingerprint density at radius 2 is 1.97 bits per heavy atom. The molecule has 0 spiro atoms. The number of aliphatic carboxylic acids is 1. The predicted octanol–water partition coefficient (Wildman–Crippen LogP) is 0.941. The van der Waals surface area contributed by atoms with Crippen LogP contribution in [0.3, 0.4) is 0 Å². The number of hydrogen-bond acceptors (Lipinski definition) is 7. The maximum absolute atomic E-state index is 12.7. The Kier molecular flexibility index (Phi) is 6.21. The van der Waals surface area contributed by atoms with Gasteiger partial charge < -0.3 is 30.9 Å². The Morgan fingerprint density at radius 1 is 1.24 bits per heavy atom. The van der Waals surface area contributed by atoms with E-state index >= 15 is 0 Å². The number of carbonyl (C=O) groups is 4. The van der Waals surface area contributed by atoms with Crippen LogP contribution < -0.4 is 10.6 Å². The van der Waals surface area contributed by atoms with E-state index in [0.717, 1.165) is 0 Å². The molecular formula is C22H25N3O7S. The summed E-state index contributed by atoms with van der Waals surface area (Å²) in [6, 6.07) is 5.07. The van der Waals surface area contributed by atoms with E-state index in [-0.39, 0.29) is 40.3 Å². The Hall–Kier alpha value is -2.89. The van der Waals surface area contributed by atoms with Crippen LogP contribution in [0.2, 0.25) is 0 Å². The minimum Gasteiger partial charge on any atom is -0.478 e. The molecule has 3 aliphatic heterocycles. The van der Waals surface area contributed by atoms with Crippen molar-refractivity contribution < 1.29 is 34.5 Å². The number of amides is 2. The summed E-state index contributed by atoms with van der Waals surface area (Å²) in [4.78, 5) is 50.1. The molecule has 0 saturated carbocycles. The topological polar surface area (TPSA) is 156 Å². The number of carboxylic acids is 2. The van der Waals surface area contributed by atoms with Gasteiger partial charge in [-0.25, -0.2) is 9.59 Å². The first-order chi connectivity index (χ1) is 15.6. The maximum Gasteiger partial charge on any atom is 0.353 e. The van der Waals surface area contributed by atoms with Crippen molar-refractivity contribution in [3.63, 3.8) is 0 Å². The van der Waals surface area contributed by atoms with Crippen LogP contribution in [-0.2, 0) is 14.4 Å². The number of thioether (sulfide) groups is 1. The normalized spacial score (nSPS) is 29.5. The van der Waals surface area contributed by atoms with Crippen LogP contribution in [-0.4, -0.2) is 74.0 Å². The molecule has 0 aromatic heterocycles. The van der Waals surface area contributed by atoms with E-state index in [1.807, 2.05) is 6.92 Å². The molecule has 0 bridgehead atoms. The molecule has 1 aromatic carbocycles. The summed E-state index contributed by atoms with van der Waals surface area (Å²) in [7, 11) is 0. The average Bonchev–Trinajstić information content (AvgIpc) is 3.30. The molecule has 2 saturated heterocycles. The van der Waals surface area contributed by atoms with Gasteiger partial charge >= 0.3 is 11.9 Å². The van der Waals surface area contributed by atoms with Gasteiger partial charge in [0, 0.05) is 28.3 Å². The van der Waals surface area contributed by atoms with Crippen LogP contribution in [0, 0.1) is 11.8 Å². The van der Waals surface area contributed by atoms with Gasteiger partial charge in [-0.1, -0.05) is 13.0 Å². The molecule has 2 amide bonds. The van der Waals surface area contributed by atoms with Gasteiger partial charge in [0.1, 0.15) is 5.70 Å². The van der Waals surface area contributed by atoms with Gasteiger partial charge in [0.2, 0.25) is 11.8 Å². The van der Waals surface area contributed by atoms with Crippen molar-refractivity contribution in [2.45, 2.75) is 43.7 Å². The van der Waals surface area contributed by atoms with Gasteiger partial charge in [0.15, 0.2) is 0 Å². The Balaban J connectivity index is 1.43. The molecule has 3 aliphatic rings. The lowest BCUT2D eigenvalue weighted by molar-refractivity contribution is -0.163. The minimum absolute atomic E-state index is 0.0298. The number of hydrogen-bond donors (Lipinski definition) is 5. The molecule has 33 heavy (non-hydrogen) atoms. The van der Waals surface area contributed by atoms with E-state index in [4.69, 9.17) is 5.11 Å². The number of fused-ring (bicyclic) bond motifs is 1. The minimum atomic E-state index is -1.18. The van der Waals surface area contributed by atoms with Crippen molar-refractivity contribution in [3.8, 4) is 0 Å². The van der Waals surface area contributed by atoms with Crippen LogP contribution in [0.1, 0.15) is 30.6 Å². The lowest BCUT2D eigenvalue weighted by Crippen LogP contribution is -2.63. The van der Waals surface area contributed by atoms with Gasteiger partial charge in [-0.3, -0.25) is 9.59 Å². The third-order valence-electron chi connectivity index (χ3n) is 6.39. The largest absolute Gasteiger partial charge is 0.478 e. The van der Waals surface area contributed by atoms with E-state index in [1.54, 1.807) is 12.1 Å². The summed E-state index contributed by atoms with van der Waals surface area (Å²) in [5.41, 5.74) is 0.418. The molecule has 0 radical (unpaired) electrons. The number of nitrogens with zero attached hydrogens (tertiary/aromatic N) is 1. The zero-order chi connectivity index (χ0) is 24.0. The molecule has 2 fully saturated rings. The number of benzene rings is 1. The van der Waals surface area contributed by atoms with E-state index < -0.39 is 30.0 Å². The fourth-order valence-corrected chi connectivity index (χ4v) is 6.29. The van der Waals surface area contributed by atoms with Crippen molar-refractivity contribution in [1.29, 1.82) is 0 Å². The Bertz CT molecular complexity index is 1060. The van der Waals surface area contributed by atoms with Crippen molar-refractivity contribution >= 4 is 41.2 Å². The van der Waals surface area contributed by atoms with Crippen molar-refractivity contribution in [2.75, 3.05) is 11.9 Å². The standard InChI is InChI=1S/C22H25N3O7S/c1-9-16-15(10(2)26)20(28)25(16)17(22(31)32)18(9)33-13-7-14(23-8-13)19(27)24-12-5-3-4-11(6-12)21(29)30/h3-6,9-10,13-16,23,26H,7-8H2,1-2H3,(H,24,27)(H,29,30)(H,31,32)/t9-,10-,13?,14?,15-,16-/m1/s1. The highest BCUT2D eigenvalue weighted by Crippen LogP contribution is 2.51. The summed E-state index contributed by atoms with van der Waals surface area (Å²) in [6.45, 7) is 3.87. The van der Waals surface area contributed by atoms with Crippen LogP contribution in [0.4, 0.5) is 5.69 Å². The third kappa shape index (κ3) is 4.11. The molecule has 10 nitrogen and oxygen atoms in total. The highest BCUT2D eigenvalue weighted by molar-refractivity contribution is 8.03. The summed E-state index contributed by atoms with van der Waals surface area (Å²) in [6.07, 6.45) is -0.419. The van der Waals surface area contributed by atoms with Crippen LogP contribution in [0.25, 0.3) is 0 Å². The first kappa shape index (κ1) is 23.3. The lowest BCUT2D eigenvalue weighted by atomic mass is 9.79. The van der Waals surface area contributed by atoms with Crippen molar-refractivity contribution in [2.24, 2.45) is 11.8 Å². The molecule has 4 rings (SSSR count). The van der Waals surface area contributed by atoms with E-state index in [1.165, 1.54) is 35.7 Å². The Morgan fingerprint density at radius 3 is 2.61 bits per heavy atom. The van der Waals surface area contributed by atoms with Gasteiger partial charge in [-0.05, 0) is 31.5 Å². The third-order valence-corrected chi connectivity index (χ3v) is 7.90. The fraction of sp³-hybridized carbons (Fsp3) is 0.455. The van der Waals surface area contributed by atoms with Gasteiger partial charge in [-0.15, -0.1) is 11.8 Å². The number of anilines is 1. The first-order valence-electron chi connectivity index (χ1n) is 10.6. The lowest BCUT2D eigenvalue weighted by Gasteiger charge is -2.46. The van der Waals surface area contributed by atoms with Crippen LogP contribution >= 0.6 is 11.8 Å². The molecule has 176 valence electrons.